The molecule has 4 amide bonds. The van der Waals surface area contributed by atoms with Crippen molar-refractivity contribution in [1.82, 2.24) is 9.80 Å². The van der Waals surface area contributed by atoms with E-state index in [1.807, 2.05) is 32.0 Å². The van der Waals surface area contributed by atoms with Gasteiger partial charge in [-0.3, -0.25) is 14.5 Å². The van der Waals surface area contributed by atoms with Crippen LogP contribution in [0.5, 0.6) is 0 Å². The number of piperazine rings is 1. The molecule has 1 aromatic rings. The van der Waals surface area contributed by atoms with Gasteiger partial charge in [0.25, 0.3) is 0 Å². The third-order valence-electron chi connectivity index (χ3n) is 5.05. The monoisotopic (exact) mass is 393 g/mol. The molecule has 2 saturated heterocycles. The number of hydrogen-bond acceptors (Lipinski definition) is 4. The molecule has 3 rings (SSSR count). The number of anilines is 1. The first kappa shape index (κ1) is 19.6. The van der Waals surface area contributed by atoms with Gasteiger partial charge in [-0.25, -0.2) is 9.69 Å². The van der Waals surface area contributed by atoms with E-state index in [1.165, 1.54) is 5.56 Å². The zero-order valence-corrected chi connectivity index (χ0v) is 16.8. The van der Waals surface area contributed by atoms with Gasteiger partial charge in [0.05, 0.1) is 26.2 Å². The summed E-state index contributed by atoms with van der Waals surface area (Å²) >= 11 is 6.12. The van der Waals surface area contributed by atoms with Crippen LogP contribution in [0.15, 0.2) is 18.2 Å². The van der Waals surface area contributed by atoms with E-state index in [0.717, 1.165) is 46.6 Å². The van der Waals surface area contributed by atoms with Crippen molar-refractivity contribution in [2.75, 3.05) is 44.3 Å². The standard InChI is InChI=1S/C19H25ClN4O3/c1-13(2)11-23-17(25)18(26)24(19(23)27)12-21-6-8-22(9-7-21)16-10-15(20)5-4-14(16)3/h4-5,10,13H,6-9,11-12H2,1-3H3/p+1. The van der Waals surface area contributed by atoms with Crippen LogP contribution in [0.3, 0.4) is 0 Å². The Balaban J connectivity index is 1.61. The van der Waals surface area contributed by atoms with Gasteiger partial charge >= 0.3 is 17.8 Å². The summed E-state index contributed by atoms with van der Waals surface area (Å²) in [6, 6.07) is 5.37. The van der Waals surface area contributed by atoms with Crippen LogP contribution in [-0.2, 0) is 9.59 Å². The van der Waals surface area contributed by atoms with Crippen LogP contribution in [0.2, 0.25) is 5.02 Å². The minimum atomic E-state index is -0.707. The summed E-state index contributed by atoms with van der Waals surface area (Å²) in [7, 11) is 0. The molecule has 2 aliphatic heterocycles. The number of rotatable bonds is 5. The number of imide groups is 2. The fraction of sp³-hybridized carbons (Fsp3) is 0.526. The van der Waals surface area contributed by atoms with Gasteiger partial charge in [0.2, 0.25) is 0 Å². The number of aryl methyl sites for hydroxylation is 1. The van der Waals surface area contributed by atoms with Crippen LogP contribution < -0.4 is 9.80 Å². The highest BCUT2D eigenvalue weighted by molar-refractivity contribution is 6.44. The Hall–Kier alpha value is -2.12. The number of nitrogens with zero attached hydrogens (tertiary/aromatic N) is 3. The SMILES string of the molecule is Cc1ccc(Cl)cc1N1CC[NH+](CN2C(=O)C(=O)N(CC(C)C)C2=O)CC1. The number of quaternary nitrogens is 1. The topological polar surface area (TPSA) is 65.4 Å². The van der Waals surface area contributed by atoms with E-state index in [1.54, 1.807) is 0 Å². The molecule has 0 unspecified atom stereocenters. The fourth-order valence-corrected chi connectivity index (χ4v) is 3.75. The zero-order valence-electron chi connectivity index (χ0n) is 16.0. The summed E-state index contributed by atoms with van der Waals surface area (Å²) in [5.74, 6) is -1.29. The summed E-state index contributed by atoms with van der Waals surface area (Å²) in [6.07, 6.45) is 0. The van der Waals surface area contributed by atoms with Gasteiger partial charge < -0.3 is 9.80 Å². The smallest absolute Gasteiger partial charge is 0.338 e. The molecule has 2 heterocycles. The first-order chi connectivity index (χ1) is 12.8. The molecule has 146 valence electrons. The van der Waals surface area contributed by atoms with Crippen molar-refractivity contribution in [3.05, 3.63) is 28.8 Å². The number of hydrogen-bond donors (Lipinski definition) is 1. The van der Waals surface area contributed by atoms with Crippen molar-refractivity contribution >= 4 is 35.1 Å². The van der Waals surface area contributed by atoms with Crippen LogP contribution in [0, 0.1) is 12.8 Å². The molecular weight excluding hydrogens is 368 g/mol. The van der Waals surface area contributed by atoms with Gasteiger partial charge in [-0.2, -0.15) is 0 Å². The van der Waals surface area contributed by atoms with E-state index >= 15 is 0 Å². The molecule has 0 aliphatic carbocycles. The lowest BCUT2D eigenvalue weighted by atomic mass is 10.1. The highest BCUT2D eigenvalue weighted by Crippen LogP contribution is 2.24. The van der Waals surface area contributed by atoms with E-state index in [-0.39, 0.29) is 19.1 Å². The summed E-state index contributed by atoms with van der Waals surface area (Å²) in [5.41, 5.74) is 2.29. The highest BCUT2D eigenvalue weighted by Gasteiger charge is 2.46. The van der Waals surface area contributed by atoms with Gasteiger partial charge in [-0.1, -0.05) is 31.5 Å². The maximum absolute atomic E-state index is 12.5. The lowest BCUT2D eigenvalue weighted by molar-refractivity contribution is -0.907. The largest absolute Gasteiger partial charge is 0.360 e. The average Bonchev–Trinajstić information content (AvgIpc) is 2.82. The molecule has 1 aromatic carbocycles. The van der Waals surface area contributed by atoms with Crippen molar-refractivity contribution in [2.24, 2.45) is 5.92 Å². The Kier molecular flexibility index (Phi) is 5.72. The molecule has 0 radical (unpaired) electrons. The van der Waals surface area contributed by atoms with Gasteiger partial charge in [-0.15, -0.1) is 0 Å². The minimum Gasteiger partial charge on any atom is -0.360 e. The average molecular weight is 394 g/mol. The Morgan fingerprint density at radius 1 is 1.07 bits per heavy atom. The normalized spacial score (nSPS) is 19.0. The number of carbonyl (C=O) groups excluding carboxylic acids is 3. The Bertz CT molecular complexity index is 759. The summed E-state index contributed by atoms with van der Waals surface area (Å²) < 4.78 is 0. The molecule has 0 atom stereocenters. The number of urea groups is 1. The van der Waals surface area contributed by atoms with Crippen LogP contribution in [0.1, 0.15) is 19.4 Å². The second kappa shape index (κ2) is 7.86. The molecule has 0 saturated carbocycles. The van der Waals surface area contributed by atoms with E-state index in [2.05, 4.69) is 11.8 Å². The van der Waals surface area contributed by atoms with E-state index in [9.17, 15) is 14.4 Å². The summed E-state index contributed by atoms with van der Waals surface area (Å²) in [6.45, 7) is 9.56. The Morgan fingerprint density at radius 3 is 2.33 bits per heavy atom. The zero-order chi connectivity index (χ0) is 19.7. The van der Waals surface area contributed by atoms with Gasteiger partial charge in [0, 0.05) is 17.3 Å². The van der Waals surface area contributed by atoms with Crippen LogP contribution >= 0.6 is 11.6 Å². The number of halogens is 1. The van der Waals surface area contributed by atoms with Crippen molar-refractivity contribution in [3.8, 4) is 0 Å². The third-order valence-corrected chi connectivity index (χ3v) is 5.28. The Morgan fingerprint density at radius 2 is 1.70 bits per heavy atom. The molecule has 2 aliphatic rings. The molecule has 0 bridgehead atoms. The lowest BCUT2D eigenvalue weighted by Crippen LogP contribution is -3.16. The van der Waals surface area contributed by atoms with Crippen LogP contribution in [0.4, 0.5) is 10.5 Å². The maximum Gasteiger partial charge on any atom is 0.338 e. The predicted molar refractivity (Wildman–Crippen MR) is 103 cm³/mol. The van der Waals surface area contributed by atoms with Crippen LogP contribution in [-0.4, -0.2) is 67.0 Å². The van der Waals surface area contributed by atoms with E-state index in [0.29, 0.717) is 5.02 Å². The number of nitrogens with one attached hydrogen (secondary N) is 1. The van der Waals surface area contributed by atoms with E-state index in [4.69, 9.17) is 11.6 Å². The molecule has 7 nitrogen and oxygen atoms in total. The third kappa shape index (κ3) is 4.09. The quantitative estimate of drug-likeness (QED) is 0.592. The van der Waals surface area contributed by atoms with Crippen molar-refractivity contribution in [1.29, 1.82) is 0 Å². The number of benzene rings is 1. The second-order valence-corrected chi connectivity index (χ2v) is 8.09. The first-order valence-corrected chi connectivity index (χ1v) is 9.67. The van der Waals surface area contributed by atoms with Crippen molar-refractivity contribution in [2.45, 2.75) is 20.8 Å². The van der Waals surface area contributed by atoms with Crippen molar-refractivity contribution < 1.29 is 19.3 Å². The Labute approximate surface area is 164 Å². The highest BCUT2D eigenvalue weighted by atomic mass is 35.5. The number of amides is 4. The molecular formula is C19H26ClN4O3+. The van der Waals surface area contributed by atoms with Gasteiger partial charge in [0.1, 0.15) is 0 Å². The summed E-state index contributed by atoms with van der Waals surface area (Å²) in [4.78, 5) is 42.3. The second-order valence-electron chi connectivity index (χ2n) is 7.65. The molecule has 1 N–H and O–H groups in total. The first-order valence-electron chi connectivity index (χ1n) is 9.30. The fourth-order valence-electron chi connectivity index (χ4n) is 3.58. The van der Waals surface area contributed by atoms with Crippen LogP contribution in [0.25, 0.3) is 0 Å². The number of carbonyl (C=O) groups is 3. The van der Waals surface area contributed by atoms with E-state index < -0.39 is 17.8 Å². The van der Waals surface area contributed by atoms with Gasteiger partial charge in [-0.05, 0) is 30.5 Å². The van der Waals surface area contributed by atoms with Crippen molar-refractivity contribution in [3.63, 3.8) is 0 Å². The van der Waals surface area contributed by atoms with Gasteiger partial charge in [0.15, 0.2) is 6.67 Å². The predicted octanol–water partition coefficient (Wildman–Crippen LogP) is 0.758. The molecule has 27 heavy (non-hydrogen) atoms. The molecule has 2 fully saturated rings. The minimum absolute atomic E-state index is 0.127. The molecule has 0 aromatic heterocycles. The maximum atomic E-state index is 12.5. The molecule has 0 spiro atoms. The molecule has 8 heteroatoms. The lowest BCUT2D eigenvalue weighted by Gasteiger charge is -2.35. The summed E-state index contributed by atoms with van der Waals surface area (Å²) in [5, 5.41) is 0.711.